The second kappa shape index (κ2) is 7.70. The number of rotatable bonds is 2. The van der Waals surface area contributed by atoms with E-state index in [0.29, 0.717) is 0 Å². The van der Waals surface area contributed by atoms with Gasteiger partial charge in [0, 0.05) is 0 Å². The third kappa shape index (κ3) is 4.89. The lowest BCUT2D eigenvalue weighted by Crippen LogP contribution is -2.68. The van der Waals surface area contributed by atoms with Crippen LogP contribution in [0.3, 0.4) is 0 Å². The summed E-state index contributed by atoms with van der Waals surface area (Å²) < 4.78 is 40.2. The molecule has 1 aromatic rings. The van der Waals surface area contributed by atoms with Gasteiger partial charge in [-0.1, -0.05) is 6.92 Å². The number of fused-ring (bicyclic) bond motifs is 3. The van der Waals surface area contributed by atoms with E-state index >= 15 is 0 Å². The fourth-order valence-corrected chi connectivity index (χ4v) is 3.49. The van der Waals surface area contributed by atoms with Crippen molar-refractivity contribution in [2.75, 3.05) is 0 Å². The predicted octanol–water partition coefficient (Wildman–Crippen LogP) is -0.485. The molecule has 0 aromatic carbocycles. The van der Waals surface area contributed by atoms with E-state index in [0.717, 1.165) is 6.42 Å². The molecular formula is C16H23ClO5. The zero-order valence-electron chi connectivity index (χ0n) is 13.0. The lowest BCUT2D eigenvalue weighted by atomic mass is 9.83. The molecular weight excluding hydrogens is 308 g/mol. The van der Waals surface area contributed by atoms with E-state index in [4.69, 9.17) is 23.1 Å². The van der Waals surface area contributed by atoms with Gasteiger partial charge in [-0.3, -0.25) is 0 Å². The third-order valence-electron chi connectivity index (χ3n) is 4.31. The van der Waals surface area contributed by atoms with Crippen molar-refractivity contribution >= 4 is 0 Å². The maximum atomic E-state index is 8.49. The maximum Gasteiger partial charge on any atom is 0.332 e. The van der Waals surface area contributed by atoms with Gasteiger partial charge in [-0.05, 0) is 56.9 Å². The molecule has 1 heterocycles. The Morgan fingerprint density at radius 3 is 1.91 bits per heavy atom. The van der Waals surface area contributed by atoms with Gasteiger partial charge in [-0.2, -0.15) is 0 Å². The van der Waals surface area contributed by atoms with E-state index in [-0.39, 0.29) is 0 Å². The maximum absolute atomic E-state index is 8.49. The first-order chi connectivity index (χ1) is 10.4. The summed E-state index contributed by atoms with van der Waals surface area (Å²) in [5, 5.41) is 0. The van der Waals surface area contributed by atoms with Crippen molar-refractivity contribution < 1.29 is 33.3 Å². The van der Waals surface area contributed by atoms with Crippen LogP contribution >= 0.6 is 0 Å². The normalized spacial score (nSPS) is 17.1. The van der Waals surface area contributed by atoms with Crippen LogP contribution in [0.25, 0.3) is 0 Å². The minimum Gasteiger partial charge on any atom is -0.222 e. The fourth-order valence-electron chi connectivity index (χ4n) is 3.49. The predicted molar refractivity (Wildman–Crippen MR) is 70.4 cm³/mol. The molecule has 0 saturated heterocycles. The standard InChI is InChI=1S/C16H23O.ClHO4/c1-2-7-15-13-9-4-3-8-12(13)14-10-5-6-11-16(14)17-15;2-1(3,4)5/h2-11H2,1H3;(H,2,3,4,5)/q+1;/p-1. The molecule has 3 rings (SSSR count). The fraction of sp³-hybridized carbons (Fsp3) is 0.688. The highest BCUT2D eigenvalue weighted by molar-refractivity contribution is 5.41. The van der Waals surface area contributed by atoms with Gasteiger partial charge in [-0.25, -0.2) is 23.1 Å². The van der Waals surface area contributed by atoms with E-state index < -0.39 is 10.2 Å². The highest BCUT2D eigenvalue weighted by Gasteiger charge is 2.31. The molecule has 124 valence electrons. The molecule has 0 N–H and O–H groups in total. The summed E-state index contributed by atoms with van der Waals surface area (Å²) in [6.45, 7) is 2.25. The number of hydrogen-bond acceptors (Lipinski definition) is 4. The van der Waals surface area contributed by atoms with Crippen molar-refractivity contribution in [2.24, 2.45) is 0 Å². The van der Waals surface area contributed by atoms with Crippen LogP contribution in [-0.2, 0) is 32.1 Å². The highest BCUT2D eigenvalue weighted by atomic mass is 35.7. The molecule has 0 unspecified atom stereocenters. The number of hydrogen-bond donors (Lipinski definition) is 0. The molecule has 6 heteroatoms. The van der Waals surface area contributed by atoms with E-state index in [2.05, 4.69) is 6.92 Å². The Labute approximate surface area is 133 Å². The number of halogens is 1. The Balaban J connectivity index is 0.000000309. The van der Waals surface area contributed by atoms with Crippen molar-refractivity contribution in [3.63, 3.8) is 0 Å². The summed E-state index contributed by atoms with van der Waals surface area (Å²) in [4.78, 5) is 0. The van der Waals surface area contributed by atoms with Gasteiger partial charge in [0.2, 0.25) is 0 Å². The minimum atomic E-state index is -4.94. The molecule has 0 radical (unpaired) electrons. The van der Waals surface area contributed by atoms with Gasteiger partial charge in [0.15, 0.2) is 0 Å². The molecule has 1 aromatic heterocycles. The lowest BCUT2D eigenvalue weighted by Gasteiger charge is -2.20. The van der Waals surface area contributed by atoms with Crippen LogP contribution in [0.1, 0.15) is 67.2 Å². The van der Waals surface area contributed by atoms with Crippen LogP contribution in [0.15, 0.2) is 4.42 Å². The summed E-state index contributed by atoms with van der Waals surface area (Å²) in [7, 11) is -4.94. The molecule has 2 aliphatic rings. The summed E-state index contributed by atoms with van der Waals surface area (Å²) >= 11 is 0. The molecule has 22 heavy (non-hydrogen) atoms. The Kier molecular flexibility index (Phi) is 6.17. The van der Waals surface area contributed by atoms with E-state index in [1.807, 2.05) is 0 Å². The van der Waals surface area contributed by atoms with Crippen molar-refractivity contribution in [2.45, 2.75) is 71.1 Å². The Bertz CT molecular complexity index is 504. The van der Waals surface area contributed by atoms with Crippen molar-refractivity contribution in [3.05, 3.63) is 28.2 Å². The minimum absolute atomic E-state index is 1.13. The van der Waals surface area contributed by atoms with E-state index in [1.54, 1.807) is 16.7 Å². The Morgan fingerprint density at radius 1 is 0.818 bits per heavy atom. The average Bonchev–Trinajstić information content (AvgIpc) is 2.46. The van der Waals surface area contributed by atoms with Gasteiger partial charge in [0.05, 0.1) is 24.0 Å². The first-order valence-electron chi connectivity index (χ1n) is 8.00. The Hall–Kier alpha value is -0.720. The second-order valence-corrected chi connectivity index (χ2v) is 6.68. The van der Waals surface area contributed by atoms with Gasteiger partial charge in [-0.15, -0.1) is 10.2 Å². The van der Waals surface area contributed by atoms with Crippen molar-refractivity contribution in [1.82, 2.24) is 0 Å². The molecule has 0 amide bonds. The second-order valence-electron chi connectivity index (χ2n) is 5.93. The Morgan fingerprint density at radius 2 is 1.32 bits per heavy atom. The molecule has 0 atom stereocenters. The van der Waals surface area contributed by atoms with Crippen LogP contribution in [0.5, 0.6) is 0 Å². The zero-order valence-corrected chi connectivity index (χ0v) is 13.7. The van der Waals surface area contributed by atoms with Crippen molar-refractivity contribution in [3.8, 4) is 0 Å². The first-order valence-corrected chi connectivity index (χ1v) is 9.23. The summed E-state index contributed by atoms with van der Waals surface area (Å²) in [6.07, 6.45) is 12.8. The smallest absolute Gasteiger partial charge is 0.222 e. The van der Waals surface area contributed by atoms with Crippen LogP contribution < -0.4 is 18.6 Å². The summed E-state index contributed by atoms with van der Waals surface area (Å²) in [6, 6.07) is 0. The van der Waals surface area contributed by atoms with Crippen LogP contribution in [-0.4, -0.2) is 0 Å². The molecule has 0 saturated carbocycles. The molecule has 0 fully saturated rings. The zero-order chi connectivity index (χ0) is 16.2. The van der Waals surface area contributed by atoms with Gasteiger partial charge >= 0.3 is 11.5 Å². The monoisotopic (exact) mass is 330 g/mol. The SMILES string of the molecule is CCCc1[o+]c2c(c3c1CCCC3)CCCC2.[O-][Cl+3]([O-])([O-])[O-]. The highest BCUT2D eigenvalue weighted by Crippen LogP contribution is 2.34. The van der Waals surface area contributed by atoms with Gasteiger partial charge < -0.3 is 0 Å². The van der Waals surface area contributed by atoms with Crippen LogP contribution in [0.4, 0.5) is 0 Å². The molecule has 0 spiro atoms. The average molecular weight is 331 g/mol. The van der Waals surface area contributed by atoms with Crippen LogP contribution in [0.2, 0.25) is 0 Å². The van der Waals surface area contributed by atoms with Gasteiger partial charge in [0.1, 0.15) is 0 Å². The van der Waals surface area contributed by atoms with Gasteiger partial charge in [0.25, 0.3) is 0 Å². The molecule has 5 nitrogen and oxygen atoms in total. The van der Waals surface area contributed by atoms with E-state index in [9.17, 15) is 0 Å². The van der Waals surface area contributed by atoms with Crippen molar-refractivity contribution in [1.29, 1.82) is 0 Å². The van der Waals surface area contributed by atoms with E-state index in [1.165, 1.54) is 69.3 Å². The molecule has 0 bridgehead atoms. The number of aryl methyl sites for hydroxylation is 2. The summed E-state index contributed by atoms with van der Waals surface area (Å²) in [5.41, 5.74) is 4.89. The van der Waals surface area contributed by atoms with Crippen LogP contribution in [0, 0.1) is 10.2 Å². The largest absolute Gasteiger partial charge is 0.332 e. The lowest BCUT2D eigenvalue weighted by molar-refractivity contribution is -2.00. The summed E-state index contributed by atoms with van der Waals surface area (Å²) in [5.74, 6) is 2.66. The quantitative estimate of drug-likeness (QED) is 0.681. The first kappa shape index (κ1) is 17.6. The molecule has 0 aliphatic heterocycles. The third-order valence-corrected chi connectivity index (χ3v) is 4.31. The molecule has 2 aliphatic carbocycles. The topological polar surface area (TPSA) is 104 Å².